The fourth-order valence-electron chi connectivity index (χ4n) is 2.32. The second kappa shape index (κ2) is 12.4. The molecule has 2 atom stereocenters. The van der Waals surface area contributed by atoms with E-state index in [9.17, 15) is 0 Å². The molecule has 104 valence electrons. The Morgan fingerprint density at radius 3 is 2.41 bits per heavy atom. The van der Waals surface area contributed by atoms with Gasteiger partial charge in [-0.1, -0.05) is 33.6 Å². The maximum absolute atomic E-state index is 5.41. The van der Waals surface area contributed by atoms with Gasteiger partial charge in [-0.15, -0.1) is 0 Å². The highest BCUT2D eigenvalue weighted by molar-refractivity contribution is 4.70. The summed E-state index contributed by atoms with van der Waals surface area (Å²) >= 11 is 0. The molecule has 0 aliphatic carbocycles. The van der Waals surface area contributed by atoms with Gasteiger partial charge in [-0.05, 0) is 45.1 Å². The molecule has 0 aliphatic heterocycles. The third kappa shape index (κ3) is 10.8. The lowest BCUT2D eigenvalue weighted by Crippen LogP contribution is -2.31. The molecule has 0 bridgehead atoms. The summed E-state index contributed by atoms with van der Waals surface area (Å²) in [5.41, 5.74) is 0. The van der Waals surface area contributed by atoms with Crippen LogP contribution in [-0.2, 0) is 4.74 Å². The maximum atomic E-state index is 5.41. The van der Waals surface area contributed by atoms with Gasteiger partial charge in [0.05, 0.1) is 0 Å². The SMILES string of the molecule is CCCNC(CCCOCC)CC(C)CCC. The largest absolute Gasteiger partial charge is 0.382 e. The van der Waals surface area contributed by atoms with Crippen LogP contribution in [0, 0.1) is 5.92 Å². The second-order valence-corrected chi connectivity index (χ2v) is 5.12. The first-order valence-electron chi connectivity index (χ1n) is 7.55. The van der Waals surface area contributed by atoms with E-state index in [1.807, 2.05) is 0 Å². The molecule has 0 rings (SSSR count). The summed E-state index contributed by atoms with van der Waals surface area (Å²) in [5.74, 6) is 0.849. The van der Waals surface area contributed by atoms with E-state index in [0.29, 0.717) is 6.04 Å². The number of hydrogen-bond donors (Lipinski definition) is 1. The average Bonchev–Trinajstić information content (AvgIpc) is 2.31. The molecule has 0 aromatic carbocycles. The van der Waals surface area contributed by atoms with Crippen LogP contribution in [0.15, 0.2) is 0 Å². The highest BCUT2D eigenvalue weighted by atomic mass is 16.5. The Balaban J connectivity index is 3.78. The van der Waals surface area contributed by atoms with Crippen molar-refractivity contribution < 1.29 is 4.74 Å². The molecule has 0 fully saturated rings. The van der Waals surface area contributed by atoms with Crippen LogP contribution in [-0.4, -0.2) is 25.8 Å². The first kappa shape index (κ1) is 16.9. The summed E-state index contributed by atoms with van der Waals surface area (Å²) in [5, 5.41) is 3.68. The first-order chi connectivity index (χ1) is 8.24. The van der Waals surface area contributed by atoms with E-state index in [4.69, 9.17) is 4.74 Å². The van der Waals surface area contributed by atoms with Gasteiger partial charge in [0.25, 0.3) is 0 Å². The first-order valence-corrected chi connectivity index (χ1v) is 7.55. The zero-order valence-corrected chi connectivity index (χ0v) is 12.4. The van der Waals surface area contributed by atoms with Crippen molar-refractivity contribution in [2.24, 2.45) is 5.92 Å². The zero-order valence-electron chi connectivity index (χ0n) is 12.4. The van der Waals surface area contributed by atoms with Gasteiger partial charge < -0.3 is 10.1 Å². The van der Waals surface area contributed by atoms with E-state index < -0.39 is 0 Å². The van der Waals surface area contributed by atoms with Gasteiger partial charge in [0.15, 0.2) is 0 Å². The molecule has 0 saturated carbocycles. The van der Waals surface area contributed by atoms with Gasteiger partial charge in [0.1, 0.15) is 0 Å². The minimum atomic E-state index is 0.692. The van der Waals surface area contributed by atoms with Crippen molar-refractivity contribution in [3.63, 3.8) is 0 Å². The van der Waals surface area contributed by atoms with E-state index in [-0.39, 0.29) is 0 Å². The lowest BCUT2D eigenvalue weighted by atomic mass is 9.94. The average molecular weight is 243 g/mol. The highest BCUT2D eigenvalue weighted by Crippen LogP contribution is 2.15. The number of nitrogens with one attached hydrogen (secondary N) is 1. The molecule has 0 heterocycles. The Labute approximate surface area is 109 Å². The molecule has 2 nitrogen and oxygen atoms in total. The summed E-state index contributed by atoms with van der Waals surface area (Å²) in [4.78, 5) is 0. The van der Waals surface area contributed by atoms with E-state index in [0.717, 1.165) is 25.7 Å². The highest BCUT2D eigenvalue weighted by Gasteiger charge is 2.11. The third-order valence-corrected chi connectivity index (χ3v) is 3.20. The van der Waals surface area contributed by atoms with Crippen LogP contribution in [0.2, 0.25) is 0 Å². The summed E-state index contributed by atoms with van der Waals surface area (Å²) in [6.45, 7) is 11.9. The fourth-order valence-corrected chi connectivity index (χ4v) is 2.32. The number of rotatable bonds is 12. The van der Waals surface area contributed by atoms with Gasteiger partial charge in [-0.3, -0.25) is 0 Å². The normalized spacial score (nSPS) is 14.8. The third-order valence-electron chi connectivity index (χ3n) is 3.20. The molecule has 2 heteroatoms. The Morgan fingerprint density at radius 1 is 1.06 bits per heavy atom. The molecule has 0 aliphatic rings. The quantitative estimate of drug-likeness (QED) is 0.523. The molecule has 2 unspecified atom stereocenters. The van der Waals surface area contributed by atoms with Crippen molar-refractivity contribution in [1.29, 1.82) is 0 Å². The molecule has 1 N–H and O–H groups in total. The Kier molecular flexibility index (Phi) is 12.3. The van der Waals surface area contributed by atoms with Gasteiger partial charge in [-0.2, -0.15) is 0 Å². The number of ether oxygens (including phenoxy) is 1. The van der Waals surface area contributed by atoms with Gasteiger partial charge in [-0.25, -0.2) is 0 Å². The van der Waals surface area contributed by atoms with Crippen molar-refractivity contribution >= 4 is 0 Å². The monoisotopic (exact) mass is 243 g/mol. The summed E-state index contributed by atoms with van der Waals surface area (Å²) in [7, 11) is 0. The molecular weight excluding hydrogens is 210 g/mol. The van der Waals surface area contributed by atoms with Crippen LogP contribution in [0.3, 0.4) is 0 Å². The molecule has 0 saturated heterocycles. The molecular formula is C15H33NO. The Hall–Kier alpha value is -0.0800. The second-order valence-electron chi connectivity index (χ2n) is 5.12. The molecule has 0 spiro atoms. The lowest BCUT2D eigenvalue weighted by molar-refractivity contribution is 0.139. The van der Waals surface area contributed by atoms with E-state index >= 15 is 0 Å². The van der Waals surface area contributed by atoms with Crippen LogP contribution < -0.4 is 5.32 Å². The predicted octanol–water partition coefficient (Wildman–Crippen LogP) is 4.00. The molecule has 0 radical (unpaired) electrons. The summed E-state index contributed by atoms with van der Waals surface area (Å²) in [6.07, 6.45) is 7.66. The van der Waals surface area contributed by atoms with Crippen LogP contribution >= 0.6 is 0 Å². The fraction of sp³-hybridized carbons (Fsp3) is 1.00. The molecule has 17 heavy (non-hydrogen) atoms. The molecule has 0 aromatic rings. The number of hydrogen-bond acceptors (Lipinski definition) is 2. The van der Waals surface area contributed by atoms with E-state index in [2.05, 4.69) is 33.0 Å². The van der Waals surface area contributed by atoms with Crippen LogP contribution in [0.25, 0.3) is 0 Å². The molecule has 0 aromatic heterocycles. The van der Waals surface area contributed by atoms with Gasteiger partial charge >= 0.3 is 0 Å². The minimum Gasteiger partial charge on any atom is -0.382 e. The van der Waals surface area contributed by atoms with E-state index in [1.54, 1.807) is 0 Å². The zero-order chi connectivity index (χ0) is 12.9. The van der Waals surface area contributed by atoms with Crippen molar-refractivity contribution in [3.05, 3.63) is 0 Å². The van der Waals surface area contributed by atoms with Gasteiger partial charge in [0, 0.05) is 19.3 Å². The van der Waals surface area contributed by atoms with Crippen LogP contribution in [0.5, 0.6) is 0 Å². The van der Waals surface area contributed by atoms with Crippen LogP contribution in [0.4, 0.5) is 0 Å². The summed E-state index contributed by atoms with van der Waals surface area (Å²) in [6, 6.07) is 0.692. The lowest BCUT2D eigenvalue weighted by Gasteiger charge is -2.22. The van der Waals surface area contributed by atoms with Crippen molar-refractivity contribution in [3.8, 4) is 0 Å². The Morgan fingerprint density at radius 2 is 1.82 bits per heavy atom. The Bertz CT molecular complexity index is 150. The smallest absolute Gasteiger partial charge is 0.0466 e. The van der Waals surface area contributed by atoms with E-state index in [1.165, 1.54) is 38.5 Å². The van der Waals surface area contributed by atoms with Gasteiger partial charge in [0.2, 0.25) is 0 Å². The van der Waals surface area contributed by atoms with Crippen molar-refractivity contribution in [2.75, 3.05) is 19.8 Å². The molecule has 0 amide bonds. The van der Waals surface area contributed by atoms with Crippen molar-refractivity contribution in [1.82, 2.24) is 5.32 Å². The predicted molar refractivity (Wildman–Crippen MR) is 76.5 cm³/mol. The standard InChI is InChI=1S/C15H33NO/c1-5-9-14(4)13-15(16-11-6-2)10-8-12-17-7-3/h14-16H,5-13H2,1-4H3. The maximum Gasteiger partial charge on any atom is 0.0466 e. The minimum absolute atomic E-state index is 0.692. The van der Waals surface area contributed by atoms with Crippen molar-refractivity contribution in [2.45, 2.75) is 72.3 Å². The summed E-state index contributed by atoms with van der Waals surface area (Å²) < 4.78 is 5.41. The topological polar surface area (TPSA) is 21.3 Å². The van der Waals surface area contributed by atoms with Crippen LogP contribution in [0.1, 0.15) is 66.2 Å².